The topological polar surface area (TPSA) is 18.5 Å². The third-order valence-corrected chi connectivity index (χ3v) is 3.91. The minimum absolute atomic E-state index is 0.300. The molecule has 0 rings (SSSR count). The van der Waals surface area contributed by atoms with E-state index in [0.29, 0.717) is 12.7 Å². The molecule has 0 fully saturated rings. The van der Waals surface area contributed by atoms with E-state index in [1.54, 1.807) is 0 Å². The molecule has 0 saturated heterocycles. The second-order valence-electron chi connectivity index (χ2n) is 5.86. The monoisotopic (exact) mass is 286 g/mol. The minimum Gasteiger partial charge on any atom is -0.237 e. The first-order valence-electron chi connectivity index (χ1n) is 9.13. The van der Waals surface area contributed by atoms with E-state index in [4.69, 9.17) is 9.78 Å². The van der Waals surface area contributed by atoms with E-state index in [1.165, 1.54) is 70.6 Å². The van der Waals surface area contributed by atoms with Gasteiger partial charge in [-0.2, -0.15) is 0 Å². The second kappa shape index (κ2) is 17.0. The van der Waals surface area contributed by atoms with Crippen LogP contribution < -0.4 is 0 Å². The van der Waals surface area contributed by atoms with E-state index in [-0.39, 0.29) is 0 Å². The molecule has 2 nitrogen and oxygen atoms in total. The Morgan fingerprint density at radius 3 is 1.60 bits per heavy atom. The van der Waals surface area contributed by atoms with Gasteiger partial charge in [-0.3, -0.25) is 0 Å². The van der Waals surface area contributed by atoms with Gasteiger partial charge in [0.05, 0.1) is 12.7 Å². The molecule has 20 heavy (non-hydrogen) atoms. The number of hydrogen-bond donors (Lipinski definition) is 0. The van der Waals surface area contributed by atoms with E-state index < -0.39 is 0 Å². The molecule has 0 N–H and O–H groups in total. The van der Waals surface area contributed by atoms with Crippen molar-refractivity contribution in [3.63, 3.8) is 0 Å². The Labute approximate surface area is 127 Å². The van der Waals surface area contributed by atoms with E-state index in [9.17, 15) is 0 Å². The molecule has 0 heterocycles. The highest BCUT2D eigenvalue weighted by Gasteiger charge is 2.06. The van der Waals surface area contributed by atoms with Crippen molar-refractivity contribution < 1.29 is 9.78 Å². The van der Waals surface area contributed by atoms with Crippen molar-refractivity contribution in [3.05, 3.63) is 0 Å². The Bertz CT molecular complexity index is 171. The molecule has 0 amide bonds. The molecule has 122 valence electrons. The average molecular weight is 286 g/mol. The van der Waals surface area contributed by atoms with Crippen molar-refractivity contribution in [1.82, 2.24) is 0 Å². The summed E-state index contributed by atoms with van der Waals surface area (Å²) in [6, 6.07) is 0. The molecular weight excluding hydrogens is 248 g/mol. The SMILES string of the molecule is CCCCCCCCCCCCCC(CC)OOCC. The smallest absolute Gasteiger partial charge is 0.0927 e. The molecule has 0 aliphatic carbocycles. The summed E-state index contributed by atoms with van der Waals surface area (Å²) in [5, 5.41) is 0. The van der Waals surface area contributed by atoms with Crippen LogP contribution in [0.15, 0.2) is 0 Å². The number of hydrogen-bond acceptors (Lipinski definition) is 2. The molecule has 0 aromatic rings. The lowest BCUT2D eigenvalue weighted by molar-refractivity contribution is -0.322. The molecule has 0 saturated carbocycles. The number of unbranched alkanes of at least 4 members (excludes halogenated alkanes) is 10. The Morgan fingerprint density at radius 2 is 1.15 bits per heavy atom. The zero-order valence-corrected chi connectivity index (χ0v) is 14.3. The molecule has 0 aliphatic heterocycles. The van der Waals surface area contributed by atoms with Crippen LogP contribution in [0.25, 0.3) is 0 Å². The fourth-order valence-electron chi connectivity index (χ4n) is 2.52. The Balaban J connectivity index is 3.15. The maximum atomic E-state index is 5.33. The van der Waals surface area contributed by atoms with Crippen LogP contribution in [0.3, 0.4) is 0 Å². The van der Waals surface area contributed by atoms with Gasteiger partial charge in [-0.25, -0.2) is 9.78 Å². The summed E-state index contributed by atoms with van der Waals surface area (Å²) in [7, 11) is 0. The van der Waals surface area contributed by atoms with Crippen molar-refractivity contribution in [2.24, 2.45) is 0 Å². The maximum absolute atomic E-state index is 5.33. The van der Waals surface area contributed by atoms with Crippen molar-refractivity contribution in [2.45, 2.75) is 110 Å². The van der Waals surface area contributed by atoms with Crippen molar-refractivity contribution in [3.8, 4) is 0 Å². The van der Waals surface area contributed by atoms with Crippen LogP contribution >= 0.6 is 0 Å². The predicted octanol–water partition coefficient (Wildman–Crippen LogP) is 6.43. The highest BCUT2D eigenvalue weighted by molar-refractivity contribution is 4.55. The zero-order chi connectivity index (χ0) is 14.9. The van der Waals surface area contributed by atoms with Crippen LogP contribution in [0.1, 0.15) is 104 Å². The summed E-state index contributed by atoms with van der Waals surface area (Å²) < 4.78 is 0. The summed E-state index contributed by atoms with van der Waals surface area (Å²) >= 11 is 0. The summed E-state index contributed by atoms with van der Waals surface area (Å²) in [5.41, 5.74) is 0. The van der Waals surface area contributed by atoms with Gasteiger partial charge in [0, 0.05) is 0 Å². The Morgan fingerprint density at radius 1 is 0.650 bits per heavy atom. The van der Waals surface area contributed by atoms with Gasteiger partial charge in [-0.1, -0.05) is 84.5 Å². The number of rotatable bonds is 16. The molecule has 0 spiro atoms. The Hall–Kier alpha value is -0.0800. The Kier molecular flexibility index (Phi) is 16.9. The lowest BCUT2D eigenvalue weighted by Crippen LogP contribution is -2.12. The first-order valence-corrected chi connectivity index (χ1v) is 9.13. The molecule has 0 aromatic carbocycles. The van der Waals surface area contributed by atoms with Gasteiger partial charge in [0.1, 0.15) is 0 Å². The fourth-order valence-corrected chi connectivity index (χ4v) is 2.52. The minimum atomic E-state index is 0.300. The quantitative estimate of drug-likeness (QED) is 0.185. The van der Waals surface area contributed by atoms with Crippen LogP contribution in [-0.2, 0) is 9.78 Å². The molecule has 0 aliphatic rings. The average Bonchev–Trinajstić information content (AvgIpc) is 2.48. The third kappa shape index (κ3) is 14.3. The summed E-state index contributed by atoms with van der Waals surface area (Å²) in [6.45, 7) is 7.06. The van der Waals surface area contributed by atoms with Crippen LogP contribution in [0, 0.1) is 0 Å². The largest absolute Gasteiger partial charge is 0.237 e. The molecule has 1 atom stereocenters. The van der Waals surface area contributed by atoms with Gasteiger partial charge in [-0.05, 0) is 19.8 Å². The lowest BCUT2D eigenvalue weighted by atomic mass is 10.0. The van der Waals surface area contributed by atoms with Crippen molar-refractivity contribution >= 4 is 0 Å². The summed E-state index contributed by atoms with van der Waals surface area (Å²) in [5.74, 6) is 0. The van der Waals surface area contributed by atoms with Gasteiger partial charge in [0.15, 0.2) is 0 Å². The maximum Gasteiger partial charge on any atom is 0.0927 e. The fraction of sp³-hybridized carbons (Fsp3) is 1.00. The summed E-state index contributed by atoms with van der Waals surface area (Å²) in [6.07, 6.45) is 17.9. The van der Waals surface area contributed by atoms with Crippen LogP contribution in [0.2, 0.25) is 0 Å². The van der Waals surface area contributed by atoms with E-state index in [1.807, 2.05) is 6.92 Å². The second-order valence-corrected chi connectivity index (χ2v) is 5.86. The molecular formula is C18H38O2. The predicted molar refractivity (Wildman–Crippen MR) is 87.9 cm³/mol. The van der Waals surface area contributed by atoms with Crippen LogP contribution in [-0.4, -0.2) is 12.7 Å². The van der Waals surface area contributed by atoms with Crippen LogP contribution in [0.4, 0.5) is 0 Å². The molecule has 0 radical (unpaired) electrons. The van der Waals surface area contributed by atoms with Crippen molar-refractivity contribution in [1.29, 1.82) is 0 Å². The van der Waals surface area contributed by atoms with Gasteiger partial charge in [-0.15, -0.1) is 0 Å². The zero-order valence-electron chi connectivity index (χ0n) is 14.3. The van der Waals surface area contributed by atoms with Gasteiger partial charge in [0.25, 0.3) is 0 Å². The van der Waals surface area contributed by atoms with Crippen molar-refractivity contribution in [2.75, 3.05) is 6.61 Å². The molecule has 2 heteroatoms. The molecule has 0 bridgehead atoms. The first-order chi connectivity index (χ1) is 9.85. The van der Waals surface area contributed by atoms with Gasteiger partial charge in [0.2, 0.25) is 0 Å². The third-order valence-electron chi connectivity index (χ3n) is 3.91. The van der Waals surface area contributed by atoms with Gasteiger partial charge >= 0.3 is 0 Å². The summed E-state index contributed by atoms with van der Waals surface area (Å²) in [4.78, 5) is 10.4. The van der Waals surface area contributed by atoms with E-state index in [0.717, 1.165) is 12.8 Å². The standard InChI is InChI=1S/C18H38O2/c1-4-7-8-9-10-11-12-13-14-15-16-17-18(5-2)20-19-6-3/h18H,4-17H2,1-3H3. The highest BCUT2D eigenvalue weighted by Crippen LogP contribution is 2.14. The van der Waals surface area contributed by atoms with E-state index >= 15 is 0 Å². The van der Waals surface area contributed by atoms with E-state index in [2.05, 4.69) is 13.8 Å². The highest BCUT2D eigenvalue weighted by atomic mass is 17.2. The van der Waals surface area contributed by atoms with Gasteiger partial charge < -0.3 is 0 Å². The first kappa shape index (κ1) is 19.9. The normalized spacial score (nSPS) is 12.8. The lowest BCUT2D eigenvalue weighted by Gasteiger charge is -2.13. The molecule has 0 aromatic heterocycles. The molecule has 1 unspecified atom stereocenters. The van der Waals surface area contributed by atoms with Crippen LogP contribution in [0.5, 0.6) is 0 Å².